The molecule has 13 N–H and O–H groups in total. The number of primary amides is 1. The molecular weight excluding hydrogens is 807 g/mol. The highest BCUT2D eigenvalue weighted by molar-refractivity contribution is 5.98. The molecule has 0 saturated carbocycles. The second kappa shape index (κ2) is 23.5. The Morgan fingerprint density at radius 1 is 0.667 bits per heavy atom. The average molecular weight is 862 g/mol. The molecule has 0 bridgehead atoms. The predicted octanol–water partition coefficient (Wildman–Crippen LogP) is 0.188. The Morgan fingerprint density at radius 2 is 1.29 bits per heavy atom. The van der Waals surface area contributed by atoms with Crippen LogP contribution >= 0.6 is 0 Å². The molecule has 5 atom stereocenters. The van der Waals surface area contributed by atoms with E-state index in [2.05, 4.69) is 41.9 Å². The zero-order valence-electron chi connectivity index (χ0n) is 34.8. The number of aliphatic imine (C=N–C) groups is 1. The van der Waals surface area contributed by atoms with Gasteiger partial charge in [-0.05, 0) is 54.4 Å². The number of guanidine groups is 1. The molecule has 0 radical (unpaired) electrons. The number of para-hydroxylation sites is 1. The van der Waals surface area contributed by atoms with Gasteiger partial charge in [-0.2, -0.15) is 0 Å². The van der Waals surface area contributed by atoms with Crippen molar-refractivity contribution in [2.75, 3.05) is 19.6 Å². The Kier molecular flexibility index (Phi) is 17.4. The van der Waals surface area contributed by atoms with Crippen molar-refractivity contribution in [1.29, 1.82) is 0 Å². The molecule has 1 aliphatic heterocycles. The maximum absolute atomic E-state index is 14.4. The number of nitrogens with one attached hydrogen (secondary N) is 7. The molecule has 332 valence electrons. The standard InChI is InChI=1S/C45H55N11O7/c46-41(60)37-27-52-39(58)20-19-38(57)49-23-21-30(29-12-5-2-6-13-29)17-18-40(59)53-35(24-28-10-3-1-4-11-28)43(62)54-34(16-9-22-50-45(47)48)42(61)55-36(44(63)56-37)25-31-26-51-33-15-8-7-14-32(31)33/h1-8,10-15,19-20,26,30,34-37,51H,9,16-18,21-25,27H2,(H2,46,60)(H,49,57)(H,52,58)(H,53,59)(H,54,62)(H,55,61)(H,56,63)(H4,47,48,50)/b20-19-/t30-,34-,35+,36-,37-/m0/s1. The Morgan fingerprint density at radius 3 is 2.00 bits per heavy atom. The van der Waals surface area contributed by atoms with Crippen molar-refractivity contribution >= 4 is 58.2 Å². The van der Waals surface area contributed by atoms with Crippen molar-refractivity contribution in [3.8, 4) is 0 Å². The Labute approximate surface area is 364 Å². The molecule has 0 aliphatic carbocycles. The molecule has 0 unspecified atom stereocenters. The van der Waals surface area contributed by atoms with Crippen LogP contribution in [-0.4, -0.2) is 96.1 Å². The minimum absolute atomic E-state index is 0.0283. The van der Waals surface area contributed by atoms with Crippen LogP contribution in [0.1, 0.15) is 54.7 Å². The lowest BCUT2D eigenvalue weighted by Crippen LogP contribution is -2.59. The van der Waals surface area contributed by atoms with E-state index in [1.807, 2.05) is 84.9 Å². The van der Waals surface area contributed by atoms with Crippen LogP contribution in [0, 0.1) is 0 Å². The van der Waals surface area contributed by atoms with E-state index in [1.165, 1.54) is 0 Å². The van der Waals surface area contributed by atoms with Gasteiger partial charge in [0.25, 0.3) is 0 Å². The molecule has 1 aromatic heterocycles. The number of carbonyl (C=O) groups excluding carboxylic acids is 7. The van der Waals surface area contributed by atoms with Crippen molar-refractivity contribution in [2.24, 2.45) is 22.2 Å². The third-order valence-corrected chi connectivity index (χ3v) is 10.6. The van der Waals surface area contributed by atoms with Gasteiger partial charge < -0.3 is 54.1 Å². The zero-order valence-corrected chi connectivity index (χ0v) is 34.8. The second-order valence-corrected chi connectivity index (χ2v) is 15.2. The van der Waals surface area contributed by atoms with E-state index in [1.54, 1.807) is 6.20 Å². The Bertz CT molecular complexity index is 2280. The summed E-state index contributed by atoms with van der Waals surface area (Å²) in [5, 5.41) is 17.0. The van der Waals surface area contributed by atoms with Crippen molar-refractivity contribution in [1.82, 2.24) is 36.9 Å². The first-order valence-electron chi connectivity index (χ1n) is 20.8. The van der Waals surface area contributed by atoms with Gasteiger partial charge >= 0.3 is 0 Å². The summed E-state index contributed by atoms with van der Waals surface area (Å²) < 4.78 is 0. The Hall–Kier alpha value is -7.50. The van der Waals surface area contributed by atoms with Gasteiger partial charge in [0.05, 0.1) is 0 Å². The van der Waals surface area contributed by atoms with Crippen LogP contribution in [0.25, 0.3) is 10.9 Å². The summed E-state index contributed by atoms with van der Waals surface area (Å²) in [6.07, 6.45) is 4.88. The van der Waals surface area contributed by atoms with Crippen molar-refractivity contribution in [3.05, 3.63) is 120 Å². The van der Waals surface area contributed by atoms with Gasteiger partial charge in [0, 0.05) is 68.1 Å². The summed E-state index contributed by atoms with van der Waals surface area (Å²) in [4.78, 5) is 102. The number of nitrogens with zero attached hydrogens (tertiary/aromatic N) is 1. The van der Waals surface area contributed by atoms with E-state index >= 15 is 0 Å². The first-order chi connectivity index (χ1) is 30.4. The normalized spacial score (nSPS) is 21.9. The lowest BCUT2D eigenvalue weighted by molar-refractivity contribution is -0.134. The number of nitrogens with two attached hydrogens (primary N) is 3. The molecule has 0 spiro atoms. The van der Waals surface area contributed by atoms with Gasteiger partial charge in [0.1, 0.15) is 24.2 Å². The van der Waals surface area contributed by atoms with Crippen molar-refractivity contribution in [3.63, 3.8) is 0 Å². The fourth-order valence-corrected chi connectivity index (χ4v) is 7.22. The van der Waals surface area contributed by atoms with Crippen LogP contribution in [0.3, 0.4) is 0 Å². The highest BCUT2D eigenvalue weighted by atomic mass is 16.2. The van der Waals surface area contributed by atoms with Gasteiger partial charge in [-0.25, -0.2) is 0 Å². The van der Waals surface area contributed by atoms with Gasteiger partial charge in [0.2, 0.25) is 41.4 Å². The largest absolute Gasteiger partial charge is 0.370 e. The number of benzene rings is 3. The van der Waals surface area contributed by atoms with Crippen LogP contribution in [0.2, 0.25) is 0 Å². The molecule has 5 rings (SSSR count). The fraction of sp³-hybridized carbons (Fsp3) is 0.333. The first-order valence-corrected chi connectivity index (χ1v) is 20.8. The molecule has 1 aliphatic rings. The number of carbonyl (C=O) groups is 7. The Balaban J connectivity index is 1.48. The third-order valence-electron chi connectivity index (χ3n) is 10.6. The zero-order chi connectivity index (χ0) is 45.1. The maximum Gasteiger partial charge on any atom is 0.244 e. The summed E-state index contributed by atoms with van der Waals surface area (Å²) in [6.45, 7) is -0.0948. The van der Waals surface area contributed by atoms with Gasteiger partial charge in [0.15, 0.2) is 5.96 Å². The highest BCUT2D eigenvalue weighted by Gasteiger charge is 2.32. The molecule has 3 aromatic carbocycles. The minimum Gasteiger partial charge on any atom is -0.370 e. The number of aromatic nitrogens is 1. The quantitative estimate of drug-likeness (QED) is 0.0591. The van der Waals surface area contributed by atoms with E-state index in [4.69, 9.17) is 17.2 Å². The number of H-pyrrole nitrogens is 1. The van der Waals surface area contributed by atoms with E-state index in [-0.39, 0.29) is 57.1 Å². The minimum atomic E-state index is -1.43. The van der Waals surface area contributed by atoms with E-state index in [0.29, 0.717) is 18.4 Å². The van der Waals surface area contributed by atoms with Crippen LogP contribution < -0.4 is 49.1 Å². The van der Waals surface area contributed by atoms with E-state index < -0.39 is 72.1 Å². The monoisotopic (exact) mass is 861 g/mol. The smallest absolute Gasteiger partial charge is 0.244 e. The number of amides is 7. The number of hydrogen-bond donors (Lipinski definition) is 10. The second-order valence-electron chi connectivity index (χ2n) is 15.2. The number of rotatable bonds is 10. The summed E-state index contributed by atoms with van der Waals surface area (Å²) in [6, 6.07) is 20.8. The SMILES string of the molecule is NC(=O)[C@@H]1CNC(=O)/C=C\C(=O)NCC[C@@H](c2ccccc2)CCC(=O)N[C@H](Cc2ccccc2)C(=O)N[C@@H](CCCN=C(N)N)C(=O)N[C@@H](Cc2c[nH]c3ccccc23)C(=O)N1. The van der Waals surface area contributed by atoms with Gasteiger partial charge in [-0.15, -0.1) is 0 Å². The van der Waals surface area contributed by atoms with Crippen molar-refractivity contribution < 1.29 is 33.6 Å². The molecule has 18 heteroatoms. The number of aromatic amines is 1. The van der Waals surface area contributed by atoms with Crippen LogP contribution in [0.15, 0.2) is 108 Å². The molecule has 18 nitrogen and oxygen atoms in total. The van der Waals surface area contributed by atoms with Crippen LogP contribution in [-0.2, 0) is 46.4 Å². The highest BCUT2D eigenvalue weighted by Crippen LogP contribution is 2.25. The first kappa shape index (κ1) is 46.6. The molecule has 4 aromatic rings. The maximum atomic E-state index is 14.4. The summed E-state index contributed by atoms with van der Waals surface area (Å²) >= 11 is 0. The lowest BCUT2D eigenvalue weighted by atomic mass is 9.91. The molecule has 63 heavy (non-hydrogen) atoms. The molecule has 7 amide bonds. The third kappa shape index (κ3) is 14.9. The van der Waals surface area contributed by atoms with E-state index in [9.17, 15) is 33.6 Å². The molecular formula is C45H55N11O7. The topological polar surface area (TPSA) is 298 Å². The van der Waals surface area contributed by atoms with Crippen LogP contribution in [0.5, 0.6) is 0 Å². The molecule has 0 saturated heterocycles. The lowest BCUT2D eigenvalue weighted by Gasteiger charge is -2.26. The van der Waals surface area contributed by atoms with Gasteiger partial charge in [-0.3, -0.25) is 38.6 Å². The van der Waals surface area contributed by atoms with Crippen LogP contribution in [0.4, 0.5) is 0 Å². The average Bonchev–Trinajstić information content (AvgIpc) is 3.68. The predicted molar refractivity (Wildman–Crippen MR) is 237 cm³/mol. The molecule has 2 heterocycles. The van der Waals surface area contributed by atoms with E-state index in [0.717, 1.165) is 34.2 Å². The number of fused-ring (bicyclic) bond motifs is 1. The molecule has 0 fully saturated rings. The number of hydrogen-bond acceptors (Lipinski definition) is 8. The summed E-state index contributed by atoms with van der Waals surface area (Å²) in [5.41, 5.74) is 19.9. The van der Waals surface area contributed by atoms with Gasteiger partial charge in [-0.1, -0.05) is 78.9 Å². The fourth-order valence-electron chi connectivity index (χ4n) is 7.22. The summed E-state index contributed by atoms with van der Waals surface area (Å²) in [7, 11) is 0. The van der Waals surface area contributed by atoms with Crippen molar-refractivity contribution in [2.45, 2.75) is 75.0 Å². The summed E-state index contributed by atoms with van der Waals surface area (Å²) in [5.74, 6) is -5.20.